The zero-order valence-corrected chi connectivity index (χ0v) is 13.7. The molecule has 0 aromatic rings. The average molecular weight is 293 g/mol. The zero-order valence-electron chi connectivity index (χ0n) is 12.9. The monoisotopic (exact) mass is 293 g/mol. The van der Waals surface area contributed by atoms with Crippen molar-refractivity contribution in [1.29, 1.82) is 0 Å². The van der Waals surface area contributed by atoms with Crippen LogP contribution in [0.4, 0.5) is 0 Å². The van der Waals surface area contributed by atoms with Crippen LogP contribution in [-0.4, -0.2) is 69.1 Å². The summed E-state index contributed by atoms with van der Waals surface area (Å²) >= 11 is 0. The van der Waals surface area contributed by atoms with Crippen LogP contribution < -0.4 is 5.32 Å². The second-order valence-corrected chi connectivity index (χ2v) is 7.85. The molecule has 6 nitrogen and oxygen atoms in total. The van der Waals surface area contributed by atoms with Crippen LogP contribution in [0.25, 0.3) is 0 Å². The normalized spacial score (nSPS) is 13.1. The number of nitrogens with zero attached hydrogens (tertiary/aromatic N) is 2. The molecule has 7 heteroatoms. The van der Waals surface area contributed by atoms with Gasteiger partial charge in [-0.05, 0) is 47.8 Å². The molecule has 0 spiro atoms. The van der Waals surface area contributed by atoms with E-state index in [9.17, 15) is 13.2 Å². The van der Waals surface area contributed by atoms with Gasteiger partial charge in [0.2, 0.25) is 15.9 Å². The molecule has 1 N–H and O–H groups in total. The van der Waals surface area contributed by atoms with E-state index in [1.54, 1.807) is 20.8 Å². The number of amides is 1. The molecule has 0 aliphatic carbocycles. The quantitative estimate of drug-likeness (QED) is 0.677. The summed E-state index contributed by atoms with van der Waals surface area (Å²) in [5, 5.41) is 2.74. The van der Waals surface area contributed by atoms with Gasteiger partial charge in [0.1, 0.15) is 0 Å². The minimum Gasteiger partial charge on any atom is -0.355 e. The Morgan fingerprint density at radius 1 is 1.21 bits per heavy atom. The second kappa shape index (κ2) is 7.21. The Bertz CT molecular complexity index is 386. The van der Waals surface area contributed by atoms with Crippen LogP contribution in [0.3, 0.4) is 0 Å². The van der Waals surface area contributed by atoms with Crippen LogP contribution in [0.2, 0.25) is 0 Å². The van der Waals surface area contributed by atoms with Crippen LogP contribution in [0.5, 0.6) is 0 Å². The first kappa shape index (κ1) is 18.3. The Kier molecular flexibility index (Phi) is 6.96. The molecule has 0 aliphatic heterocycles. The van der Waals surface area contributed by atoms with Gasteiger partial charge in [0, 0.05) is 12.1 Å². The molecule has 19 heavy (non-hydrogen) atoms. The lowest BCUT2D eigenvalue weighted by atomic mass is 10.1. The van der Waals surface area contributed by atoms with Crippen molar-refractivity contribution in [2.45, 2.75) is 32.7 Å². The van der Waals surface area contributed by atoms with Gasteiger partial charge in [-0.25, -0.2) is 8.42 Å². The molecular weight excluding hydrogens is 266 g/mol. The Labute approximate surface area is 117 Å². The molecule has 0 rings (SSSR count). The molecule has 0 atom stereocenters. The molecule has 0 saturated heterocycles. The Balaban J connectivity index is 4.35. The molecule has 0 heterocycles. The third kappa shape index (κ3) is 8.18. The van der Waals surface area contributed by atoms with Gasteiger partial charge >= 0.3 is 0 Å². The molecule has 0 radical (unpaired) electrons. The Morgan fingerprint density at radius 2 is 1.74 bits per heavy atom. The van der Waals surface area contributed by atoms with Crippen LogP contribution in [0, 0.1) is 0 Å². The first-order chi connectivity index (χ1) is 8.44. The Morgan fingerprint density at radius 3 is 2.11 bits per heavy atom. The zero-order chi connectivity index (χ0) is 15.3. The minimum absolute atomic E-state index is 0.135. The molecule has 0 unspecified atom stereocenters. The average Bonchev–Trinajstić information content (AvgIpc) is 2.17. The third-order valence-corrected chi connectivity index (χ3v) is 4.02. The SMILES string of the molecule is CN(C)CCCNC(=O)CN(C(C)(C)C)S(C)(=O)=O. The van der Waals surface area contributed by atoms with E-state index in [1.807, 2.05) is 19.0 Å². The van der Waals surface area contributed by atoms with Crippen molar-refractivity contribution in [2.75, 3.05) is 40.0 Å². The van der Waals surface area contributed by atoms with Gasteiger partial charge in [0.25, 0.3) is 0 Å². The molecule has 0 fully saturated rings. The van der Waals surface area contributed by atoms with Gasteiger partial charge in [-0.3, -0.25) is 4.79 Å². The van der Waals surface area contributed by atoms with E-state index in [2.05, 4.69) is 5.32 Å². The lowest BCUT2D eigenvalue weighted by Crippen LogP contribution is -2.50. The summed E-state index contributed by atoms with van der Waals surface area (Å²) in [6.45, 7) is 6.62. The topological polar surface area (TPSA) is 69.7 Å². The highest BCUT2D eigenvalue weighted by Gasteiger charge is 2.31. The van der Waals surface area contributed by atoms with Gasteiger partial charge in [-0.1, -0.05) is 0 Å². The Hall–Kier alpha value is -0.660. The number of sulfonamides is 1. The largest absolute Gasteiger partial charge is 0.355 e. The van der Waals surface area contributed by atoms with E-state index in [0.717, 1.165) is 19.2 Å². The van der Waals surface area contributed by atoms with Crippen LogP contribution in [-0.2, 0) is 14.8 Å². The fourth-order valence-electron chi connectivity index (χ4n) is 1.66. The van der Waals surface area contributed by atoms with Crippen molar-refractivity contribution in [3.63, 3.8) is 0 Å². The summed E-state index contributed by atoms with van der Waals surface area (Å²) in [6, 6.07) is 0. The van der Waals surface area contributed by atoms with Crippen molar-refractivity contribution < 1.29 is 13.2 Å². The molecule has 0 aromatic carbocycles. The number of carbonyl (C=O) groups is 1. The maximum atomic E-state index is 11.8. The van der Waals surface area contributed by atoms with Gasteiger partial charge < -0.3 is 10.2 Å². The smallest absolute Gasteiger partial charge is 0.235 e. The molecular formula is C12H27N3O3S. The predicted molar refractivity (Wildman–Crippen MR) is 77.5 cm³/mol. The number of hydrogen-bond donors (Lipinski definition) is 1. The van der Waals surface area contributed by atoms with E-state index < -0.39 is 15.6 Å². The van der Waals surface area contributed by atoms with Crippen LogP contribution in [0.15, 0.2) is 0 Å². The van der Waals surface area contributed by atoms with E-state index in [4.69, 9.17) is 0 Å². The van der Waals surface area contributed by atoms with E-state index in [-0.39, 0.29) is 12.5 Å². The van der Waals surface area contributed by atoms with Crippen molar-refractivity contribution in [2.24, 2.45) is 0 Å². The summed E-state index contributed by atoms with van der Waals surface area (Å²) in [4.78, 5) is 13.8. The summed E-state index contributed by atoms with van der Waals surface area (Å²) < 4.78 is 24.6. The minimum atomic E-state index is -3.40. The van der Waals surface area contributed by atoms with E-state index in [1.165, 1.54) is 4.31 Å². The predicted octanol–water partition coefficient (Wildman–Crippen LogP) is 0.114. The number of nitrogens with one attached hydrogen (secondary N) is 1. The molecule has 1 amide bonds. The lowest BCUT2D eigenvalue weighted by molar-refractivity contribution is -0.122. The maximum absolute atomic E-state index is 11.8. The first-order valence-electron chi connectivity index (χ1n) is 6.34. The van der Waals surface area contributed by atoms with Gasteiger partial charge in [-0.15, -0.1) is 0 Å². The number of rotatable bonds is 7. The van der Waals surface area contributed by atoms with E-state index >= 15 is 0 Å². The molecule has 114 valence electrons. The van der Waals surface area contributed by atoms with Crippen molar-refractivity contribution >= 4 is 15.9 Å². The van der Waals surface area contributed by atoms with Crippen molar-refractivity contribution in [3.8, 4) is 0 Å². The number of carbonyl (C=O) groups excluding carboxylic acids is 1. The summed E-state index contributed by atoms with van der Waals surface area (Å²) in [6.07, 6.45) is 1.96. The van der Waals surface area contributed by atoms with Gasteiger partial charge in [-0.2, -0.15) is 4.31 Å². The van der Waals surface area contributed by atoms with Gasteiger partial charge in [0.15, 0.2) is 0 Å². The fourth-order valence-corrected chi connectivity index (χ4v) is 3.01. The molecule has 0 aliphatic rings. The van der Waals surface area contributed by atoms with Gasteiger partial charge in [0.05, 0.1) is 12.8 Å². The molecule has 0 saturated carbocycles. The lowest BCUT2D eigenvalue weighted by Gasteiger charge is -2.32. The molecule has 0 aromatic heterocycles. The van der Waals surface area contributed by atoms with Crippen molar-refractivity contribution in [3.05, 3.63) is 0 Å². The summed E-state index contributed by atoms with van der Waals surface area (Å²) in [5.74, 6) is -0.265. The highest BCUT2D eigenvalue weighted by atomic mass is 32.2. The standard InChI is InChI=1S/C12H27N3O3S/c1-12(2,3)15(19(6,17)18)10-11(16)13-8-7-9-14(4)5/h7-10H2,1-6H3,(H,13,16). The van der Waals surface area contributed by atoms with Crippen LogP contribution in [0.1, 0.15) is 27.2 Å². The summed E-state index contributed by atoms with van der Waals surface area (Å²) in [7, 11) is 0.533. The highest BCUT2D eigenvalue weighted by Crippen LogP contribution is 2.16. The summed E-state index contributed by atoms with van der Waals surface area (Å²) in [5.41, 5.74) is -0.603. The fraction of sp³-hybridized carbons (Fsp3) is 0.917. The second-order valence-electron chi connectivity index (χ2n) is 5.95. The highest BCUT2D eigenvalue weighted by molar-refractivity contribution is 7.88. The van der Waals surface area contributed by atoms with Crippen LogP contribution >= 0.6 is 0 Å². The van der Waals surface area contributed by atoms with Crippen molar-refractivity contribution in [1.82, 2.24) is 14.5 Å². The first-order valence-corrected chi connectivity index (χ1v) is 8.18. The third-order valence-electron chi connectivity index (χ3n) is 2.54. The molecule has 0 bridgehead atoms. The van der Waals surface area contributed by atoms with E-state index in [0.29, 0.717) is 6.54 Å². The maximum Gasteiger partial charge on any atom is 0.235 e. The number of hydrogen-bond acceptors (Lipinski definition) is 4.